The van der Waals surface area contributed by atoms with Gasteiger partial charge in [-0.2, -0.15) is 23.4 Å². The summed E-state index contributed by atoms with van der Waals surface area (Å²) in [4.78, 5) is 20.0. The molecule has 0 bridgehead atoms. The molecule has 0 saturated carbocycles. The van der Waals surface area contributed by atoms with Crippen LogP contribution in [0.25, 0.3) is 22.4 Å². The van der Waals surface area contributed by atoms with Crippen LogP contribution in [0.1, 0.15) is 0 Å². The zero-order chi connectivity index (χ0) is 23.7. The number of imidazole rings is 1. The summed E-state index contributed by atoms with van der Waals surface area (Å²) in [5.41, 5.74) is 3.82. The summed E-state index contributed by atoms with van der Waals surface area (Å²) in [5, 5.41) is 5.85. The molecule has 0 aliphatic rings. The minimum atomic E-state index is -4.34. The van der Waals surface area contributed by atoms with Gasteiger partial charge in [-0.25, -0.2) is 4.98 Å². The van der Waals surface area contributed by atoms with Crippen molar-refractivity contribution in [2.45, 2.75) is 4.90 Å². The third-order valence-electron chi connectivity index (χ3n) is 4.80. The Morgan fingerprint density at radius 1 is 0.794 bits per heavy atom. The van der Waals surface area contributed by atoms with Crippen molar-refractivity contribution in [3.63, 3.8) is 0 Å². The van der Waals surface area contributed by atoms with Crippen LogP contribution in [0.4, 0.5) is 23.3 Å². The maximum absolute atomic E-state index is 11.4. The van der Waals surface area contributed by atoms with Crippen molar-refractivity contribution in [1.82, 2.24) is 24.9 Å². The van der Waals surface area contributed by atoms with Crippen LogP contribution in [-0.2, 0) is 10.1 Å². The number of benzene rings is 3. The Bertz CT molecular complexity index is 1570. The number of anilines is 4. The van der Waals surface area contributed by atoms with E-state index in [4.69, 9.17) is 11.6 Å². The van der Waals surface area contributed by atoms with Gasteiger partial charge in [0.15, 0.2) is 0 Å². The Hall–Kier alpha value is -4.06. The Morgan fingerprint density at radius 3 is 2.21 bits per heavy atom. The minimum absolute atomic E-state index is 0.0650. The molecule has 0 unspecified atom stereocenters. The fourth-order valence-corrected chi connectivity index (χ4v) is 3.94. The molecule has 2 aromatic heterocycles. The van der Waals surface area contributed by atoms with Gasteiger partial charge < -0.3 is 15.6 Å². The van der Waals surface area contributed by atoms with Crippen LogP contribution < -0.4 is 10.6 Å². The summed E-state index contributed by atoms with van der Waals surface area (Å²) in [6, 6.07) is 20.9. The second kappa shape index (κ2) is 8.71. The highest BCUT2D eigenvalue weighted by Gasteiger charge is 2.12. The highest BCUT2D eigenvalue weighted by molar-refractivity contribution is 7.85. The van der Waals surface area contributed by atoms with Crippen LogP contribution in [0.5, 0.6) is 0 Å². The molecule has 0 amide bonds. The van der Waals surface area contributed by atoms with Crippen LogP contribution in [0.15, 0.2) is 77.7 Å². The van der Waals surface area contributed by atoms with Crippen LogP contribution in [0.2, 0.25) is 5.28 Å². The molecular formula is C22H16ClN7O3S. The maximum Gasteiger partial charge on any atom is 0.294 e. The van der Waals surface area contributed by atoms with E-state index in [-0.39, 0.29) is 22.1 Å². The van der Waals surface area contributed by atoms with Gasteiger partial charge in [-0.15, -0.1) is 0 Å². The van der Waals surface area contributed by atoms with Gasteiger partial charge in [0, 0.05) is 16.9 Å². The second-order valence-corrected chi connectivity index (χ2v) is 8.94. The monoisotopic (exact) mass is 493 g/mol. The summed E-state index contributed by atoms with van der Waals surface area (Å²) in [7, 11) is -4.34. The summed E-state index contributed by atoms with van der Waals surface area (Å²) in [6.45, 7) is 0. The van der Waals surface area contributed by atoms with Crippen molar-refractivity contribution in [3.05, 3.63) is 78.1 Å². The molecule has 12 heteroatoms. The van der Waals surface area contributed by atoms with Gasteiger partial charge >= 0.3 is 0 Å². The molecule has 0 saturated heterocycles. The van der Waals surface area contributed by atoms with Crippen LogP contribution in [0, 0.1) is 0 Å². The van der Waals surface area contributed by atoms with Crippen molar-refractivity contribution >= 4 is 56.0 Å². The standard InChI is InChI=1S/C22H16ClN7O3S/c23-20-28-21(30-22(29-20)25-15-4-3-5-16(12-15)34(31,32)33)24-14-10-8-13(9-11-14)19-26-17-6-1-2-7-18(17)27-19/h1-12H,(H,26,27)(H,31,32,33)(H2,24,25,28,29,30). The number of H-pyrrole nitrogens is 1. The van der Waals surface area contributed by atoms with E-state index < -0.39 is 10.1 Å². The van der Waals surface area contributed by atoms with Gasteiger partial charge in [-0.05, 0) is 66.2 Å². The lowest BCUT2D eigenvalue weighted by molar-refractivity contribution is 0.483. The largest absolute Gasteiger partial charge is 0.338 e. The molecule has 34 heavy (non-hydrogen) atoms. The normalized spacial score (nSPS) is 11.5. The number of fused-ring (bicyclic) bond motifs is 1. The third kappa shape index (κ3) is 4.81. The zero-order valence-electron chi connectivity index (χ0n) is 17.3. The smallest absolute Gasteiger partial charge is 0.294 e. The minimum Gasteiger partial charge on any atom is -0.338 e. The molecule has 3 aromatic carbocycles. The molecule has 5 rings (SSSR count). The molecule has 10 nitrogen and oxygen atoms in total. The van der Waals surface area contributed by atoms with Crippen molar-refractivity contribution in [3.8, 4) is 11.4 Å². The van der Waals surface area contributed by atoms with Crippen molar-refractivity contribution in [1.29, 1.82) is 0 Å². The van der Waals surface area contributed by atoms with E-state index in [2.05, 4.69) is 35.6 Å². The van der Waals surface area contributed by atoms with Crippen LogP contribution >= 0.6 is 11.6 Å². The highest BCUT2D eigenvalue weighted by Crippen LogP contribution is 2.24. The van der Waals surface area contributed by atoms with E-state index in [1.54, 1.807) is 6.07 Å². The first-order valence-corrected chi connectivity index (χ1v) is 11.7. The molecule has 2 heterocycles. The van der Waals surface area contributed by atoms with Gasteiger partial charge in [0.05, 0.1) is 15.9 Å². The summed E-state index contributed by atoms with van der Waals surface area (Å²) >= 11 is 6.04. The number of para-hydroxylation sites is 2. The SMILES string of the molecule is O=S(=O)(O)c1cccc(Nc2nc(Cl)nc(Nc3ccc(-c4nc5ccccc5[nH]4)cc3)n2)c1. The van der Waals surface area contributed by atoms with E-state index in [0.29, 0.717) is 11.4 Å². The van der Waals surface area contributed by atoms with Crippen molar-refractivity contribution < 1.29 is 13.0 Å². The average Bonchev–Trinajstić information content (AvgIpc) is 3.23. The van der Waals surface area contributed by atoms with Gasteiger partial charge in [0.1, 0.15) is 5.82 Å². The molecule has 0 aliphatic heterocycles. The predicted octanol–water partition coefficient (Wildman–Crippen LogP) is 4.80. The summed E-state index contributed by atoms with van der Waals surface area (Å²) in [6.07, 6.45) is 0. The lowest BCUT2D eigenvalue weighted by atomic mass is 10.2. The van der Waals surface area contributed by atoms with E-state index in [0.717, 1.165) is 22.4 Å². The van der Waals surface area contributed by atoms with E-state index in [9.17, 15) is 13.0 Å². The fraction of sp³-hybridized carbons (Fsp3) is 0. The number of rotatable bonds is 6. The average molecular weight is 494 g/mol. The van der Waals surface area contributed by atoms with E-state index >= 15 is 0 Å². The van der Waals surface area contributed by atoms with Crippen molar-refractivity contribution in [2.24, 2.45) is 0 Å². The lowest BCUT2D eigenvalue weighted by Crippen LogP contribution is -2.05. The molecule has 0 fully saturated rings. The van der Waals surface area contributed by atoms with Crippen LogP contribution in [-0.4, -0.2) is 37.9 Å². The van der Waals surface area contributed by atoms with Gasteiger partial charge in [0.2, 0.25) is 17.2 Å². The molecule has 0 radical (unpaired) electrons. The van der Waals surface area contributed by atoms with Gasteiger partial charge in [-0.1, -0.05) is 18.2 Å². The number of aromatic nitrogens is 5. The zero-order valence-corrected chi connectivity index (χ0v) is 18.8. The first-order valence-electron chi connectivity index (χ1n) is 9.92. The molecule has 0 spiro atoms. The van der Waals surface area contributed by atoms with Crippen molar-refractivity contribution in [2.75, 3.05) is 10.6 Å². The quantitative estimate of drug-likeness (QED) is 0.245. The number of hydrogen-bond donors (Lipinski definition) is 4. The predicted molar refractivity (Wildman–Crippen MR) is 129 cm³/mol. The van der Waals surface area contributed by atoms with Crippen LogP contribution in [0.3, 0.4) is 0 Å². The lowest BCUT2D eigenvalue weighted by Gasteiger charge is -2.09. The second-order valence-electron chi connectivity index (χ2n) is 7.18. The molecular weight excluding hydrogens is 478 g/mol. The molecule has 5 aromatic rings. The molecule has 4 N–H and O–H groups in total. The Kier molecular flexibility index (Phi) is 5.57. The van der Waals surface area contributed by atoms with Gasteiger partial charge in [-0.3, -0.25) is 4.55 Å². The summed E-state index contributed by atoms with van der Waals surface area (Å²) in [5.74, 6) is 1.04. The fourth-order valence-electron chi connectivity index (χ4n) is 3.26. The topological polar surface area (TPSA) is 146 Å². The number of aromatic amines is 1. The summed E-state index contributed by atoms with van der Waals surface area (Å²) < 4.78 is 31.9. The maximum atomic E-state index is 11.4. The molecule has 0 aliphatic carbocycles. The first-order chi connectivity index (χ1) is 16.3. The Labute approximate surface area is 198 Å². The van der Waals surface area contributed by atoms with Gasteiger partial charge in [0.25, 0.3) is 10.1 Å². The molecule has 170 valence electrons. The Balaban J connectivity index is 1.35. The third-order valence-corrected chi connectivity index (χ3v) is 5.82. The highest BCUT2D eigenvalue weighted by atomic mass is 35.5. The number of nitrogens with zero attached hydrogens (tertiary/aromatic N) is 4. The molecule has 0 atom stereocenters. The number of nitrogens with one attached hydrogen (secondary N) is 3. The first kappa shape index (κ1) is 21.8. The van der Waals surface area contributed by atoms with E-state index in [1.165, 1.54) is 18.2 Å². The number of hydrogen-bond acceptors (Lipinski definition) is 8. The number of halogens is 1. The Morgan fingerprint density at radius 2 is 1.50 bits per heavy atom. The van der Waals surface area contributed by atoms with E-state index in [1.807, 2.05) is 48.5 Å².